The van der Waals surface area contributed by atoms with Gasteiger partial charge in [-0.05, 0) is 101 Å². The van der Waals surface area contributed by atoms with Crippen molar-refractivity contribution in [3.8, 4) is 11.3 Å². The van der Waals surface area contributed by atoms with Crippen molar-refractivity contribution in [1.82, 2.24) is 15.0 Å². The highest BCUT2D eigenvalue weighted by molar-refractivity contribution is 5.76. The molecule has 1 saturated carbocycles. The smallest absolute Gasteiger partial charge is 0.314 e. The molecule has 1 aliphatic carbocycles. The van der Waals surface area contributed by atoms with Crippen molar-refractivity contribution in [2.75, 3.05) is 18.7 Å². The molecule has 0 aliphatic heterocycles. The maximum Gasteiger partial charge on any atom is 0.314 e. The molecule has 0 spiro atoms. The fourth-order valence-corrected chi connectivity index (χ4v) is 5.15. The van der Waals surface area contributed by atoms with E-state index in [2.05, 4.69) is 20.3 Å². The molecule has 1 aliphatic rings. The zero-order chi connectivity index (χ0) is 31.1. The molecule has 4 rings (SSSR count). The lowest BCUT2D eigenvalue weighted by molar-refractivity contribution is -0.176. The van der Waals surface area contributed by atoms with Crippen molar-refractivity contribution in [2.24, 2.45) is 17.3 Å². The third kappa shape index (κ3) is 8.53. The van der Waals surface area contributed by atoms with Crippen LogP contribution >= 0.6 is 0 Å². The van der Waals surface area contributed by atoms with Crippen LogP contribution in [0.3, 0.4) is 0 Å². The predicted octanol–water partition coefficient (Wildman–Crippen LogP) is 6.50. The number of ether oxygens (including phenoxy) is 2. The van der Waals surface area contributed by atoms with E-state index in [1.54, 1.807) is 33.0 Å². The van der Waals surface area contributed by atoms with Crippen molar-refractivity contribution in [2.45, 2.75) is 65.7 Å². The van der Waals surface area contributed by atoms with Gasteiger partial charge in [0.2, 0.25) is 6.79 Å². The molecule has 0 bridgehead atoms. The van der Waals surface area contributed by atoms with Gasteiger partial charge < -0.3 is 19.9 Å². The van der Waals surface area contributed by atoms with Crippen LogP contribution < -0.4 is 5.32 Å². The molecule has 230 valence electrons. The van der Waals surface area contributed by atoms with Gasteiger partial charge in [-0.25, -0.2) is 18.7 Å². The number of anilines is 2. The van der Waals surface area contributed by atoms with Crippen LogP contribution in [0.25, 0.3) is 11.3 Å². The molecule has 3 heterocycles. The number of aryl methyl sites for hydroxylation is 1. The summed E-state index contributed by atoms with van der Waals surface area (Å²) in [5.41, 5.74) is 2.29. The average molecular weight is 597 g/mol. The van der Waals surface area contributed by atoms with Gasteiger partial charge in [0.15, 0.2) is 0 Å². The molecular formula is C32H38F2N4O5. The topological polar surface area (TPSA) is 124 Å². The van der Waals surface area contributed by atoms with Gasteiger partial charge in [-0.2, -0.15) is 0 Å². The summed E-state index contributed by atoms with van der Waals surface area (Å²) < 4.78 is 36.4. The Morgan fingerprint density at radius 1 is 1.02 bits per heavy atom. The van der Waals surface area contributed by atoms with E-state index in [-0.39, 0.29) is 48.5 Å². The molecule has 3 aromatic heterocycles. The van der Waals surface area contributed by atoms with Gasteiger partial charge in [-0.1, -0.05) is 0 Å². The monoisotopic (exact) mass is 596 g/mol. The number of aliphatic hydroxyl groups excluding tert-OH is 1. The number of alkyl halides is 2. The number of carbonyl (C=O) groups excluding carboxylic acids is 2. The maximum absolute atomic E-state index is 13.1. The molecule has 1 fully saturated rings. The third-order valence-electron chi connectivity index (χ3n) is 7.60. The Balaban J connectivity index is 1.36. The Labute approximate surface area is 250 Å². The number of hydrogen-bond acceptors (Lipinski definition) is 9. The van der Waals surface area contributed by atoms with Gasteiger partial charge in [-0.3, -0.25) is 14.6 Å². The summed E-state index contributed by atoms with van der Waals surface area (Å²) in [5, 5.41) is 13.2. The molecule has 3 aromatic rings. The highest BCUT2D eigenvalue weighted by Crippen LogP contribution is 2.38. The first kappa shape index (κ1) is 31.9. The number of pyridine rings is 3. The zero-order valence-corrected chi connectivity index (χ0v) is 24.8. The van der Waals surface area contributed by atoms with Crippen molar-refractivity contribution in [1.29, 1.82) is 0 Å². The summed E-state index contributed by atoms with van der Waals surface area (Å²) in [6.07, 6.45) is 3.12. The first-order chi connectivity index (χ1) is 20.4. The van der Waals surface area contributed by atoms with Crippen LogP contribution in [0.2, 0.25) is 0 Å². The molecule has 0 amide bonds. The lowest BCUT2D eigenvalue weighted by Crippen LogP contribution is -2.29. The summed E-state index contributed by atoms with van der Waals surface area (Å²) in [6, 6.07) is 10.0. The molecule has 9 nitrogen and oxygen atoms in total. The summed E-state index contributed by atoms with van der Waals surface area (Å²) in [7, 11) is 0. The number of nitrogens with zero attached hydrogens (tertiary/aromatic N) is 3. The molecular weight excluding hydrogens is 558 g/mol. The second-order valence-electron chi connectivity index (χ2n) is 12.0. The van der Waals surface area contributed by atoms with Crippen LogP contribution in [0.15, 0.2) is 48.8 Å². The van der Waals surface area contributed by atoms with Crippen LogP contribution in [0.4, 0.5) is 20.4 Å². The van der Waals surface area contributed by atoms with Crippen LogP contribution in [-0.4, -0.2) is 45.4 Å². The number of nitrogens with one attached hydrogen (secondary N) is 1. The quantitative estimate of drug-likeness (QED) is 0.199. The van der Waals surface area contributed by atoms with Crippen molar-refractivity contribution in [3.63, 3.8) is 0 Å². The van der Waals surface area contributed by atoms with E-state index in [1.165, 1.54) is 18.3 Å². The van der Waals surface area contributed by atoms with Crippen molar-refractivity contribution in [3.05, 3.63) is 65.6 Å². The minimum absolute atomic E-state index is 0.0731. The van der Waals surface area contributed by atoms with E-state index in [4.69, 9.17) is 9.47 Å². The fraction of sp³-hybridized carbons (Fsp3) is 0.469. The van der Waals surface area contributed by atoms with E-state index in [1.807, 2.05) is 25.1 Å². The van der Waals surface area contributed by atoms with E-state index >= 15 is 0 Å². The predicted molar refractivity (Wildman–Crippen MR) is 156 cm³/mol. The Bertz CT molecular complexity index is 1400. The molecule has 0 aromatic carbocycles. The van der Waals surface area contributed by atoms with Crippen LogP contribution in [0.5, 0.6) is 0 Å². The molecule has 0 saturated heterocycles. The number of esters is 2. The molecule has 1 unspecified atom stereocenters. The lowest BCUT2D eigenvalue weighted by Gasteiger charge is -2.32. The summed E-state index contributed by atoms with van der Waals surface area (Å²) in [4.78, 5) is 37.7. The van der Waals surface area contributed by atoms with Gasteiger partial charge in [0.25, 0.3) is 6.43 Å². The first-order valence-corrected chi connectivity index (χ1v) is 14.4. The second-order valence-corrected chi connectivity index (χ2v) is 12.0. The Morgan fingerprint density at radius 3 is 2.40 bits per heavy atom. The van der Waals surface area contributed by atoms with Crippen LogP contribution in [0, 0.1) is 24.2 Å². The Hall–Kier alpha value is -3.99. The molecule has 43 heavy (non-hydrogen) atoms. The van der Waals surface area contributed by atoms with Gasteiger partial charge in [-0.15, -0.1) is 0 Å². The van der Waals surface area contributed by atoms with Gasteiger partial charge in [0.05, 0.1) is 23.6 Å². The summed E-state index contributed by atoms with van der Waals surface area (Å²) in [5.74, 6) is -0.381. The largest absolute Gasteiger partial charge is 0.428 e. The number of aromatic nitrogens is 3. The number of halogens is 2. The van der Waals surface area contributed by atoms with E-state index in [0.717, 1.165) is 29.7 Å². The van der Waals surface area contributed by atoms with Gasteiger partial charge in [0.1, 0.15) is 11.6 Å². The fourth-order valence-electron chi connectivity index (χ4n) is 5.15. The minimum Gasteiger partial charge on any atom is -0.428 e. The Kier molecular flexibility index (Phi) is 10.4. The SMILES string of the molecule is Cc1cc(Nc2cc(C(F)F)ccn2)nc(-c2ccc(C(CO)[C@H]3CC[C@H](C(=O)OCOC(=O)C(C)(C)C)CC3)nc2)c1. The van der Waals surface area contributed by atoms with Gasteiger partial charge >= 0.3 is 11.9 Å². The summed E-state index contributed by atoms with van der Waals surface area (Å²) >= 11 is 0. The van der Waals surface area contributed by atoms with E-state index in [9.17, 15) is 23.5 Å². The van der Waals surface area contributed by atoms with Crippen LogP contribution in [0.1, 0.15) is 75.6 Å². The second kappa shape index (κ2) is 14.0. The maximum atomic E-state index is 13.1. The first-order valence-electron chi connectivity index (χ1n) is 14.4. The summed E-state index contributed by atoms with van der Waals surface area (Å²) in [6.45, 7) is 6.64. The molecule has 11 heteroatoms. The van der Waals surface area contributed by atoms with Crippen molar-refractivity contribution >= 4 is 23.6 Å². The Morgan fingerprint density at radius 2 is 1.77 bits per heavy atom. The highest BCUT2D eigenvalue weighted by Gasteiger charge is 2.33. The number of carbonyl (C=O) groups is 2. The normalized spacial score (nSPS) is 17.8. The molecule has 1 atom stereocenters. The number of rotatable bonds is 10. The van der Waals surface area contributed by atoms with E-state index < -0.39 is 17.8 Å². The molecule has 0 radical (unpaired) electrons. The zero-order valence-electron chi connectivity index (χ0n) is 24.8. The average Bonchev–Trinajstić information content (AvgIpc) is 2.97. The van der Waals surface area contributed by atoms with Crippen molar-refractivity contribution < 1.29 is 33.0 Å². The van der Waals surface area contributed by atoms with Crippen LogP contribution in [-0.2, 0) is 19.1 Å². The number of aliphatic hydroxyl groups is 1. The van der Waals surface area contributed by atoms with Gasteiger partial charge in [0, 0.05) is 35.1 Å². The lowest BCUT2D eigenvalue weighted by atomic mass is 9.75. The van der Waals surface area contributed by atoms with E-state index in [0.29, 0.717) is 24.4 Å². The minimum atomic E-state index is -2.60. The number of hydrogen-bond donors (Lipinski definition) is 2. The highest BCUT2D eigenvalue weighted by atomic mass is 19.3. The standard InChI is InChI=1S/C32H38F2N4O5/c1-19-13-26(37-28(14-19)38-27-15-22(29(33)34)11-12-35-27)23-9-10-25(36-16-23)24(17-39)20-5-7-21(8-6-20)30(40)42-18-43-31(41)32(2,3)4/h9-16,20-21,24,29,39H,5-8,17-18H2,1-4H3,(H,35,37,38)/t20-,21-,24?. The molecule has 2 N–H and O–H groups in total. The third-order valence-corrected chi connectivity index (χ3v) is 7.60.